The monoisotopic (exact) mass is 302 g/mol. The normalized spacial score (nSPS) is 12.6. The number of pyridine rings is 1. The van der Waals surface area contributed by atoms with Gasteiger partial charge in [-0.15, -0.1) is 0 Å². The molecule has 0 bridgehead atoms. The number of fused-ring (bicyclic) bond motifs is 1. The van der Waals surface area contributed by atoms with Crippen LogP contribution in [0.4, 0.5) is 13.2 Å². The average molecular weight is 302 g/mol. The van der Waals surface area contributed by atoms with Gasteiger partial charge in [0.05, 0.1) is 11.2 Å². The van der Waals surface area contributed by atoms with Crippen molar-refractivity contribution < 1.29 is 13.2 Å². The van der Waals surface area contributed by atoms with Gasteiger partial charge in [-0.1, -0.05) is 0 Å². The van der Waals surface area contributed by atoms with E-state index in [0.717, 1.165) is 6.07 Å². The van der Waals surface area contributed by atoms with E-state index in [9.17, 15) is 13.2 Å². The molecule has 0 aliphatic carbocycles. The van der Waals surface area contributed by atoms with Crippen molar-refractivity contribution >= 4 is 10.9 Å². The Morgan fingerprint density at radius 2 is 1.59 bits per heavy atom. The zero-order valence-electron chi connectivity index (χ0n) is 11.8. The van der Waals surface area contributed by atoms with E-state index >= 15 is 0 Å². The molecular weight excluding hydrogens is 289 g/mol. The molecule has 2 N–H and O–H groups in total. The minimum absolute atomic E-state index is 0.274. The smallest absolute Gasteiger partial charge is 0.126 e. The van der Waals surface area contributed by atoms with Gasteiger partial charge in [0.1, 0.15) is 17.5 Å². The second-order valence-corrected chi connectivity index (χ2v) is 5.21. The van der Waals surface area contributed by atoms with Gasteiger partial charge in [-0.25, -0.2) is 18.2 Å². The number of nitrogens with two attached hydrogens (primary N) is 1. The molecule has 5 heteroatoms. The van der Waals surface area contributed by atoms with E-state index in [1.807, 2.05) is 0 Å². The summed E-state index contributed by atoms with van der Waals surface area (Å²) in [4.78, 5) is 4.36. The molecule has 2 nitrogen and oxygen atoms in total. The second kappa shape index (κ2) is 5.42. The lowest BCUT2D eigenvalue weighted by molar-refractivity contribution is 0.584. The standard InChI is InChI=1S/C17H13F3N2/c1-9(21)15-6-10-2-3-12(18)8-16(10)22-17(15)11-4-13(19)7-14(20)5-11/h2-9H,21H2,1H3. The Balaban J connectivity index is 2.32. The van der Waals surface area contributed by atoms with E-state index < -0.39 is 17.5 Å². The van der Waals surface area contributed by atoms with Crippen molar-refractivity contribution in [1.82, 2.24) is 4.98 Å². The molecule has 3 aromatic rings. The van der Waals surface area contributed by atoms with E-state index in [1.165, 1.54) is 24.3 Å². The van der Waals surface area contributed by atoms with E-state index in [2.05, 4.69) is 4.98 Å². The first-order chi connectivity index (χ1) is 10.4. The van der Waals surface area contributed by atoms with Crippen LogP contribution in [0.1, 0.15) is 18.5 Å². The third-order valence-corrected chi connectivity index (χ3v) is 3.44. The molecule has 0 radical (unpaired) electrons. The van der Waals surface area contributed by atoms with Gasteiger partial charge < -0.3 is 5.73 Å². The molecule has 1 heterocycles. The number of halogens is 3. The number of rotatable bonds is 2. The lowest BCUT2D eigenvalue weighted by Crippen LogP contribution is -2.08. The summed E-state index contributed by atoms with van der Waals surface area (Å²) in [6.45, 7) is 1.76. The Morgan fingerprint density at radius 3 is 2.23 bits per heavy atom. The van der Waals surface area contributed by atoms with Crippen molar-refractivity contribution in [3.63, 3.8) is 0 Å². The highest BCUT2D eigenvalue weighted by atomic mass is 19.1. The number of nitrogens with zero attached hydrogens (tertiary/aromatic N) is 1. The van der Waals surface area contributed by atoms with Crippen LogP contribution >= 0.6 is 0 Å². The second-order valence-electron chi connectivity index (χ2n) is 5.21. The topological polar surface area (TPSA) is 38.9 Å². The Labute approximate surface area is 125 Å². The van der Waals surface area contributed by atoms with Crippen LogP contribution in [0.5, 0.6) is 0 Å². The largest absolute Gasteiger partial charge is 0.324 e. The maximum atomic E-state index is 13.5. The highest BCUT2D eigenvalue weighted by molar-refractivity contribution is 5.83. The fourth-order valence-electron chi connectivity index (χ4n) is 2.43. The summed E-state index contributed by atoms with van der Waals surface area (Å²) in [5.41, 5.74) is 7.62. The third kappa shape index (κ3) is 2.67. The van der Waals surface area contributed by atoms with Crippen LogP contribution in [0.15, 0.2) is 42.5 Å². The van der Waals surface area contributed by atoms with E-state index in [1.54, 1.807) is 19.1 Å². The molecule has 0 saturated carbocycles. The van der Waals surface area contributed by atoms with E-state index in [0.29, 0.717) is 22.2 Å². The molecule has 0 fully saturated rings. The van der Waals surface area contributed by atoms with Crippen LogP contribution in [0.25, 0.3) is 22.2 Å². The van der Waals surface area contributed by atoms with Crippen LogP contribution in [0.2, 0.25) is 0 Å². The molecule has 3 rings (SSSR count). The molecular formula is C17H13F3N2. The SMILES string of the molecule is CC(N)c1cc2ccc(F)cc2nc1-c1cc(F)cc(F)c1. The minimum Gasteiger partial charge on any atom is -0.324 e. The summed E-state index contributed by atoms with van der Waals surface area (Å²) in [6, 6.07) is 8.74. The predicted molar refractivity (Wildman–Crippen MR) is 79.7 cm³/mol. The molecule has 0 spiro atoms. The summed E-state index contributed by atoms with van der Waals surface area (Å²) in [5.74, 6) is -1.83. The fourth-order valence-corrected chi connectivity index (χ4v) is 2.43. The van der Waals surface area contributed by atoms with Gasteiger partial charge >= 0.3 is 0 Å². The molecule has 0 amide bonds. The lowest BCUT2D eigenvalue weighted by Gasteiger charge is -2.14. The van der Waals surface area contributed by atoms with Gasteiger partial charge in [-0.05, 0) is 42.8 Å². The summed E-state index contributed by atoms with van der Waals surface area (Å²) in [5, 5.41) is 0.717. The third-order valence-electron chi connectivity index (χ3n) is 3.44. The molecule has 0 aliphatic rings. The van der Waals surface area contributed by atoms with Crippen molar-refractivity contribution in [3.05, 3.63) is 65.5 Å². The summed E-state index contributed by atoms with van der Waals surface area (Å²) in [7, 11) is 0. The quantitative estimate of drug-likeness (QED) is 0.765. The van der Waals surface area contributed by atoms with Gasteiger partial charge in [0, 0.05) is 29.1 Å². The molecule has 1 aromatic heterocycles. The molecule has 0 aliphatic heterocycles. The molecule has 1 unspecified atom stereocenters. The molecule has 22 heavy (non-hydrogen) atoms. The zero-order valence-corrected chi connectivity index (χ0v) is 11.8. The predicted octanol–water partition coefficient (Wildman–Crippen LogP) is 4.34. The highest BCUT2D eigenvalue weighted by Gasteiger charge is 2.14. The molecule has 2 aromatic carbocycles. The summed E-state index contributed by atoms with van der Waals surface area (Å²) >= 11 is 0. The maximum Gasteiger partial charge on any atom is 0.126 e. The lowest BCUT2D eigenvalue weighted by atomic mass is 9.99. The van der Waals surface area contributed by atoms with Gasteiger partial charge in [0.15, 0.2) is 0 Å². The first-order valence-corrected chi connectivity index (χ1v) is 6.76. The Morgan fingerprint density at radius 1 is 0.909 bits per heavy atom. The Kier molecular flexibility index (Phi) is 3.58. The molecule has 112 valence electrons. The first-order valence-electron chi connectivity index (χ1n) is 6.76. The summed E-state index contributed by atoms with van der Waals surface area (Å²) in [6.07, 6.45) is 0. The van der Waals surface area contributed by atoms with Crippen molar-refractivity contribution in [3.8, 4) is 11.3 Å². The Bertz CT molecular complexity index is 840. The number of aromatic nitrogens is 1. The molecule has 0 saturated heterocycles. The van der Waals surface area contributed by atoms with Crippen molar-refractivity contribution in [2.75, 3.05) is 0 Å². The average Bonchev–Trinajstić information content (AvgIpc) is 2.44. The van der Waals surface area contributed by atoms with E-state index in [4.69, 9.17) is 5.73 Å². The Hall–Kier alpha value is -2.40. The number of benzene rings is 2. The molecule has 1 atom stereocenters. The highest BCUT2D eigenvalue weighted by Crippen LogP contribution is 2.30. The minimum atomic E-state index is -0.702. The van der Waals surface area contributed by atoms with Crippen LogP contribution in [-0.2, 0) is 0 Å². The zero-order chi connectivity index (χ0) is 15.9. The van der Waals surface area contributed by atoms with Crippen LogP contribution < -0.4 is 5.73 Å². The van der Waals surface area contributed by atoms with Crippen molar-refractivity contribution in [1.29, 1.82) is 0 Å². The van der Waals surface area contributed by atoms with E-state index in [-0.39, 0.29) is 11.6 Å². The van der Waals surface area contributed by atoms with Crippen molar-refractivity contribution in [2.24, 2.45) is 5.73 Å². The van der Waals surface area contributed by atoms with Gasteiger partial charge in [-0.3, -0.25) is 0 Å². The van der Waals surface area contributed by atoms with Gasteiger partial charge in [0.2, 0.25) is 0 Å². The van der Waals surface area contributed by atoms with Gasteiger partial charge in [-0.2, -0.15) is 0 Å². The van der Waals surface area contributed by atoms with Crippen LogP contribution in [0, 0.1) is 17.5 Å². The van der Waals surface area contributed by atoms with Crippen molar-refractivity contribution in [2.45, 2.75) is 13.0 Å². The fraction of sp³-hybridized carbons (Fsp3) is 0.118. The maximum absolute atomic E-state index is 13.5. The number of hydrogen-bond acceptors (Lipinski definition) is 2. The number of hydrogen-bond donors (Lipinski definition) is 1. The summed E-state index contributed by atoms with van der Waals surface area (Å²) < 4.78 is 40.3. The van der Waals surface area contributed by atoms with Gasteiger partial charge in [0.25, 0.3) is 0 Å². The van der Waals surface area contributed by atoms with Crippen LogP contribution in [-0.4, -0.2) is 4.98 Å². The van der Waals surface area contributed by atoms with Crippen LogP contribution in [0.3, 0.4) is 0 Å². The first kappa shape index (κ1) is 14.5.